The fraction of sp³-hybridized carbons (Fsp3) is 0.385. The van der Waals surface area contributed by atoms with E-state index >= 15 is 0 Å². The van der Waals surface area contributed by atoms with Crippen LogP contribution >= 0.6 is 0 Å². The second-order valence-corrected chi connectivity index (χ2v) is 4.27. The minimum atomic E-state index is 0.201. The fourth-order valence-electron chi connectivity index (χ4n) is 1.85. The van der Waals surface area contributed by atoms with Gasteiger partial charge in [0, 0.05) is 11.9 Å². The van der Waals surface area contributed by atoms with Crippen molar-refractivity contribution in [3.05, 3.63) is 18.2 Å². The first kappa shape index (κ1) is 12.4. The summed E-state index contributed by atoms with van der Waals surface area (Å²) in [6, 6.07) is 4.98. The summed E-state index contributed by atoms with van der Waals surface area (Å²) in [7, 11) is 0. The zero-order valence-electron chi connectivity index (χ0n) is 10.5. The molecule has 0 saturated heterocycles. The van der Waals surface area contributed by atoms with Gasteiger partial charge in [-0.05, 0) is 24.6 Å². The molecular weight excluding hydrogens is 228 g/mol. The normalized spacial score (nSPS) is 10.7. The molecule has 0 bridgehead atoms. The van der Waals surface area contributed by atoms with Crippen LogP contribution in [0.15, 0.2) is 18.2 Å². The molecule has 0 atom stereocenters. The van der Waals surface area contributed by atoms with Crippen LogP contribution in [-0.2, 0) is 0 Å². The van der Waals surface area contributed by atoms with Crippen LogP contribution < -0.4 is 11.1 Å². The number of aromatic nitrogens is 2. The third-order valence-corrected chi connectivity index (χ3v) is 2.77. The summed E-state index contributed by atoms with van der Waals surface area (Å²) in [5.41, 5.74) is 6.40. The Balaban J connectivity index is 2.27. The standard InChI is InChI=1S/C13H18N4O/c1-2-3-4-7-15-12-10-8-9(18)5-6-11(10)16-13(14)17-12/h5-6,8,18H,2-4,7H2,1H3,(H3,14,15,16,17). The van der Waals surface area contributed by atoms with Crippen molar-refractivity contribution < 1.29 is 5.11 Å². The summed E-state index contributed by atoms with van der Waals surface area (Å²) in [5, 5.41) is 13.6. The van der Waals surface area contributed by atoms with Crippen molar-refractivity contribution in [1.29, 1.82) is 0 Å². The van der Waals surface area contributed by atoms with Gasteiger partial charge in [-0.3, -0.25) is 0 Å². The van der Waals surface area contributed by atoms with Crippen molar-refractivity contribution in [1.82, 2.24) is 9.97 Å². The molecule has 1 aromatic carbocycles. The highest BCUT2D eigenvalue weighted by Gasteiger charge is 2.06. The summed E-state index contributed by atoms with van der Waals surface area (Å²) in [6.07, 6.45) is 3.44. The fourth-order valence-corrected chi connectivity index (χ4v) is 1.85. The van der Waals surface area contributed by atoms with E-state index in [0.29, 0.717) is 5.82 Å². The van der Waals surface area contributed by atoms with Gasteiger partial charge in [-0.25, -0.2) is 4.98 Å². The highest BCUT2D eigenvalue weighted by Crippen LogP contribution is 2.25. The zero-order chi connectivity index (χ0) is 13.0. The van der Waals surface area contributed by atoms with Gasteiger partial charge in [0.15, 0.2) is 0 Å². The van der Waals surface area contributed by atoms with Crippen LogP contribution in [0.4, 0.5) is 11.8 Å². The minimum absolute atomic E-state index is 0.201. The number of hydrogen-bond donors (Lipinski definition) is 3. The van der Waals surface area contributed by atoms with Crippen molar-refractivity contribution in [3.63, 3.8) is 0 Å². The number of unbranched alkanes of at least 4 members (excludes halogenated alkanes) is 2. The lowest BCUT2D eigenvalue weighted by molar-refractivity contribution is 0.476. The highest BCUT2D eigenvalue weighted by atomic mass is 16.3. The van der Waals surface area contributed by atoms with Crippen LogP contribution in [0.1, 0.15) is 26.2 Å². The Kier molecular flexibility index (Phi) is 3.82. The Hall–Kier alpha value is -2.04. The Labute approximate surface area is 106 Å². The van der Waals surface area contributed by atoms with Gasteiger partial charge in [-0.2, -0.15) is 4.98 Å². The van der Waals surface area contributed by atoms with Crippen LogP contribution in [0.2, 0.25) is 0 Å². The summed E-state index contributed by atoms with van der Waals surface area (Å²) in [4.78, 5) is 8.32. The Bertz CT molecular complexity index is 542. The van der Waals surface area contributed by atoms with E-state index in [-0.39, 0.29) is 11.7 Å². The molecule has 0 amide bonds. The smallest absolute Gasteiger partial charge is 0.222 e. The van der Waals surface area contributed by atoms with Gasteiger partial charge < -0.3 is 16.2 Å². The Morgan fingerprint density at radius 3 is 2.89 bits per heavy atom. The number of rotatable bonds is 5. The van der Waals surface area contributed by atoms with Crippen LogP contribution in [0.3, 0.4) is 0 Å². The molecule has 0 fully saturated rings. The molecule has 5 nitrogen and oxygen atoms in total. The van der Waals surface area contributed by atoms with Gasteiger partial charge in [0.05, 0.1) is 5.52 Å². The molecule has 1 heterocycles. The highest BCUT2D eigenvalue weighted by molar-refractivity contribution is 5.90. The van der Waals surface area contributed by atoms with E-state index in [9.17, 15) is 5.11 Å². The summed E-state index contributed by atoms with van der Waals surface area (Å²) < 4.78 is 0. The molecule has 0 spiro atoms. The maximum atomic E-state index is 9.52. The molecule has 0 aliphatic rings. The molecule has 96 valence electrons. The van der Waals surface area contributed by atoms with Gasteiger partial charge in [-0.1, -0.05) is 19.8 Å². The molecule has 1 aromatic heterocycles. The molecule has 5 heteroatoms. The van der Waals surface area contributed by atoms with Gasteiger partial charge in [0.2, 0.25) is 5.95 Å². The van der Waals surface area contributed by atoms with E-state index in [1.54, 1.807) is 18.2 Å². The first-order valence-electron chi connectivity index (χ1n) is 6.21. The minimum Gasteiger partial charge on any atom is -0.508 e. The Morgan fingerprint density at radius 1 is 1.28 bits per heavy atom. The number of nitrogens with one attached hydrogen (secondary N) is 1. The predicted octanol–water partition coefficient (Wildman–Crippen LogP) is 2.52. The van der Waals surface area contributed by atoms with Gasteiger partial charge in [0.25, 0.3) is 0 Å². The third-order valence-electron chi connectivity index (χ3n) is 2.77. The molecular formula is C13H18N4O. The second-order valence-electron chi connectivity index (χ2n) is 4.27. The van der Waals surface area contributed by atoms with Crippen LogP contribution in [0.5, 0.6) is 5.75 Å². The van der Waals surface area contributed by atoms with Crippen molar-refractivity contribution in [2.45, 2.75) is 26.2 Å². The van der Waals surface area contributed by atoms with Gasteiger partial charge >= 0.3 is 0 Å². The summed E-state index contributed by atoms with van der Waals surface area (Å²) in [6.45, 7) is 3.01. The summed E-state index contributed by atoms with van der Waals surface area (Å²) >= 11 is 0. The van der Waals surface area contributed by atoms with E-state index in [2.05, 4.69) is 22.2 Å². The molecule has 0 unspecified atom stereocenters. The van der Waals surface area contributed by atoms with Crippen molar-refractivity contribution in [2.24, 2.45) is 0 Å². The second kappa shape index (κ2) is 5.53. The third kappa shape index (κ3) is 2.80. The Morgan fingerprint density at radius 2 is 2.11 bits per heavy atom. The van der Waals surface area contributed by atoms with Crippen LogP contribution in [-0.4, -0.2) is 21.6 Å². The largest absolute Gasteiger partial charge is 0.508 e. The van der Waals surface area contributed by atoms with Gasteiger partial charge in [0.1, 0.15) is 11.6 Å². The summed E-state index contributed by atoms with van der Waals surface area (Å²) in [5.74, 6) is 1.13. The van der Waals surface area contributed by atoms with Crippen molar-refractivity contribution in [3.8, 4) is 5.75 Å². The first-order valence-corrected chi connectivity index (χ1v) is 6.21. The number of anilines is 2. The van der Waals surface area contributed by atoms with E-state index < -0.39 is 0 Å². The lowest BCUT2D eigenvalue weighted by Gasteiger charge is -2.09. The molecule has 0 aliphatic heterocycles. The monoisotopic (exact) mass is 246 g/mol. The van der Waals surface area contributed by atoms with Crippen molar-refractivity contribution in [2.75, 3.05) is 17.6 Å². The molecule has 0 aliphatic carbocycles. The topological polar surface area (TPSA) is 84.1 Å². The maximum Gasteiger partial charge on any atom is 0.222 e. The molecule has 0 saturated carbocycles. The van der Waals surface area contributed by atoms with Crippen LogP contribution in [0.25, 0.3) is 10.9 Å². The van der Waals surface area contributed by atoms with E-state index in [4.69, 9.17) is 5.73 Å². The van der Waals surface area contributed by atoms with Crippen LogP contribution in [0, 0.1) is 0 Å². The SMILES string of the molecule is CCCCCNc1nc(N)nc2ccc(O)cc12. The first-order chi connectivity index (χ1) is 8.70. The molecule has 2 rings (SSSR count). The van der Waals surface area contributed by atoms with E-state index in [1.165, 1.54) is 12.8 Å². The van der Waals surface area contributed by atoms with Crippen molar-refractivity contribution >= 4 is 22.7 Å². The molecule has 4 N–H and O–H groups in total. The average molecular weight is 246 g/mol. The van der Waals surface area contributed by atoms with E-state index in [0.717, 1.165) is 23.9 Å². The van der Waals surface area contributed by atoms with E-state index in [1.807, 2.05) is 0 Å². The number of hydrogen-bond acceptors (Lipinski definition) is 5. The number of nitrogens with zero attached hydrogens (tertiary/aromatic N) is 2. The number of nitrogens with two attached hydrogens (primary N) is 1. The average Bonchev–Trinajstić information content (AvgIpc) is 2.35. The molecule has 18 heavy (non-hydrogen) atoms. The molecule has 2 aromatic rings. The number of benzene rings is 1. The number of aromatic hydroxyl groups is 1. The quantitative estimate of drug-likeness (QED) is 0.706. The lowest BCUT2D eigenvalue weighted by atomic mass is 10.2. The maximum absolute atomic E-state index is 9.52. The number of phenols is 1. The van der Waals surface area contributed by atoms with Gasteiger partial charge in [-0.15, -0.1) is 0 Å². The lowest BCUT2D eigenvalue weighted by Crippen LogP contribution is -2.06. The predicted molar refractivity (Wildman–Crippen MR) is 73.6 cm³/mol. The molecule has 0 radical (unpaired) electrons. The number of phenolic OH excluding ortho intramolecular Hbond substituents is 1. The number of nitrogen functional groups attached to an aromatic ring is 1. The number of fused-ring (bicyclic) bond motifs is 1. The zero-order valence-corrected chi connectivity index (χ0v) is 10.5.